The molecule has 1 N–H and O–H groups in total. The topological polar surface area (TPSA) is 24.4 Å². The van der Waals surface area contributed by atoms with E-state index in [9.17, 15) is 13.2 Å². The Labute approximate surface area is 159 Å². The molecule has 1 aromatic rings. The molecule has 1 aromatic carbocycles. The fraction of sp³-hybridized carbons (Fsp3) is 0.650. The van der Waals surface area contributed by atoms with Crippen LogP contribution in [-0.4, -0.2) is 24.2 Å². The second kappa shape index (κ2) is 8.68. The molecule has 0 radical (unpaired) electrons. The lowest BCUT2D eigenvalue weighted by atomic mass is 9.91. The normalized spacial score (nSPS) is 16.0. The Morgan fingerprint density at radius 1 is 1.23 bits per heavy atom. The number of alkyl halides is 3. The lowest BCUT2D eigenvalue weighted by molar-refractivity contribution is -0.134. The minimum Gasteiger partial charge on any atom is -0.383 e. The number of thioether (sulfide) groups is 1. The zero-order valence-corrected chi connectivity index (χ0v) is 16.9. The predicted molar refractivity (Wildman–Crippen MR) is 106 cm³/mol. The van der Waals surface area contributed by atoms with E-state index in [2.05, 4.69) is 26.1 Å². The Kier molecular flexibility index (Phi) is 7.05. The zero-order valence-electron chi connectivity index (χ0n) is 16.0. The van der Waals surface area contributed by atoms with Crippen molar-refractivity contribution in [3.8, 4) is 0 Å². The highest BCUT2D eigenvalue weighted by Crippen LogP contribution is 2.38. The van der Waals surface area contributed by atoms with Gasteiger partial charge in [0.05, 0.1) is 11.4 Å². The fourth-order valence-electron chi connectivity index (χ4n) is 2.20. The number of aliphatic imine (C=N–C) groups is 1. The van der Waals surface area contributed by atoms with Crippen LogP contribution in [-0.2, 0) is 0 Å². The van der Waals surface area contributed by atoms with Gasteiger partial charge in [-0.2, -0.15) is 13.2 Å². The summed E-state index contributed by atoms with van der Waals surface area (Å²) in [5, 5.41) is 3.13. The maximum atomic E-state index is 12.3. The van der Waals surface area contributed by atoms with Crippen LogP contribution in [0.25, 0.3) is 0 Å². The summed E-state index contributed by atoms with van der Waals surface area (Å²) >= 11 is 1.83. The number of benzene rings is 1. The van der Waals surface area contributed by atoms with Gasteiger partial charge in [0, 0.05) is 29.3 Å². The van der Waals surface area contributed by atoms with Crippen LogP contribution < -0.4 is 5.32 Å². The van der Waals surface area contributed by atoms with Gasteiger partial charge in [0.25, 0.3) is 0 Å². The largest absolute Gasteiger partial charge is 0.389 e. The van der Waals surface area contributed by atoms with E-state index < -0.39 is 12.6 Å². The van der Waals surface area contributed by atoms with E-state index >= 15 is 0 Å². The van der Waals surface area contributed by atoms with Crippen LogP contribution in [0.2, 0.25) is 0 Å². The molecule has 0 saturated heterocycles. The lowest BCUT2D eigenvalue weighted by Crippen LogP contribution is -2.16. The van der Waals surface area contributed by atoms with Crippen LogP contribution in [0.4, 0.5) is 24.5 Å². The molecule has 0 amide bonds. The van der Waals surface area contributed by atoms with E-state index in [1.165, 1.54) is 17.7 Å². The summed E-state index contributed by atoms with van der Waals surface area (Å²) < 4.78 is 37.0. The fourth-order valence-corrected chi connectivity index (χ4v) is 3.32. The minimum atomic E-state index is -4.10. The SMILES string of the molecule is CC(=Nc1cc(SCC2CC2)ccc1NCCCC(F)(F)F)C(C)(C)C. The van der Waals surface area contributed by atoms with Crippen molar-refractivity contribution in [1.29, 1.82) is 0 Å². The van der Waals surface area contributed by atoms with E-state index in [0.29, 0.717) is 0 Å². The maximum Gasteiger partial charge on any atom is 0.389 e. The van der Waals surface area contributed by atoms with E-state index in [-0.39, 0.29) is 18.4 Å². The molecular weight excluding hydrogens is 357 g/mol. The minimum absolute atomic E-state index is 0.0509. The van der Waals surface area contributed by atoms with E-state index in [1.807, 2.05) is 36.9 Å². The first kappa shape index (κ1) is 21.1. The zero-order chi connectivity index (χ0) is 19.4. The third-order valence-electron chi connectivity index (χ3n) is 4.48. The van der Waals surface area contributed by atoms with Crippen molar-refractivity contribution in [2.45, 2.75) is 64.5 Å². The maximum absolute atomic E-state index is 12.3. The van der Waals surface area contributed by atoms with Gasteiger partial charge in [0.1, 0.15) is 0 Å². The van der Waals surface area contributed by atoms with Crippen molar-refractivity contribution in [3.05, 3.63) is 18.2 Å². The lowest BCUT2D eigenvalue weighted by Gasteiger charge is -2.19. The second-order valence-corrected chi connectivity index (χ2v) is 9.12. The van der Waals surface area contributed by atoms with E-state index in [4.69, 9.17) is 4.99 Å². The molecule has 0 heterocycles. The summed E-state index contributed by atoms with van der Waals surface area (Å²) in [6.07, 6.45) is -2.17. The Morgan fingerprint density at radius 3 is 2.50 bits per heavy atom. The van der Waals surface area contributed by atoms with Crippen LogP contribution >= 0.6 is 11.8 Å². The van der Waals surface area contributed by atoms with Gasteiger partial charge in [-0.25, -0.2) is 0 Å². The summed E-state index contributed by atoms with van der Waals surface area (Å²) in [6.45, 7) is 8.60. The monoisotopic (exact) mass is 386 g/mol. The van der Waals surface area contributed by atoms with Crippen molar-refractivity contribution < 1.29 is 13.2 Å². The molecule has 0 atom stereocenters. The molecule has 0 aliphatic heterocycles. The Morgan fingerprint density at radius 2 is 1.92 bits per heavy atom. The first-order valence-electron chi connectivity index (χ1n) is 9.18. The highest BCUT2D eigenvalue weighted by molar-refractivity contribution is 7.99. The van der Waals surface area contributed by atoms with Crippen molar-refractivity contribution in [2.24, 2.45) is 16.3 Å². The van der Waals surface area contributed by atoms with Crippen molar-refractivity contribution in [3.63, 3.8) is 0 Å². The molecule has 1 fully saturated rings. The van der Waals surface area contributed by atoms with E-state index in [1.54, 1.807) is 0 Å². The van der Waals surface area contributed by atoms with Crippen molar-refractivity contribution in [2.75, 3.05) is 17.6 Å². The molecule has 0 unspecified atom stereocenters. The number of hydrogen-bond acceptors (Lipinski definition) is 3. The molecule has 0 spiro atoms. The molecule has 1 saturated carbocycles. The smallest absolute Gasteiger partial charge is 0.383 e. The Hall–Kier alpha value is -1.17. The molecule has 0 aromatic heterocycles. The third-order valence-corrected chi connectivity index (χ3v) is 5.70. The first-order chi connectivity index (χ1) is 12.0. The van der Waals surface area contributed by atoms with Crippen LogP contribution in [0, 0.1) is 11.3 Å². The van der Waals surface area contributed by atoms with Gasteiger partial charge in [-0.3, -0.25) is 4.99 Å². The van der Waals surface area contributed by atoms with Crippen LogP contribution in [0.15, 0.2) is 28.1 Å². The van der Waals surface area contributed by atoms with Gasteiger partial charge in [0.2, 0.25) is 0 Å². The number of hydrogen-bond donors (Lipinski definition) is 1. The molecular formula is C20H29F3N2S. The Balaban J connectivity index is 2.10. The summed E-state index contributed by atoms with van der Waals surface area (Å²) in [7, 11) is 0. The van der Waals surface area contributed by atoms with Gasteiger partial charge < -0.3 is 5.32 Å². The summed E-state index contributed by atoms with van der Waals surface area (Å²) in [4.78, 5) is 5.94. The first-order valence-corrected chi connectivity index (χ1v) is 10.2. The average Bonchev–Trinajstić information content (AvgIpc) is 3.33. The molecule has 0 bridgehead atoms. The molecule has 146 valence electrons. The molecule has 6 heteroatoms. The summed E-state index contributed by atoms with van der Waals surface area (Å²) in [5.41, 5.74) is 2.56. The van der Waals surface area contributed by atoms with Gasteiger partial charge in [0.15, 0.2) is 0 Å². The van der Waals surface area contributed by atoms with Crippen molar-refractivity contribution in [1.82, 2.24) is 0 Å². The molecule has 1 aliphatic carbocycles. The number of nitrogens with one attached hydrogen (secondary N) is 1. The highest BCUT2D eigenvalue weighted by atomic mass is 32.2. The molecule has 26 heavy (non-hydrogen) atoms. The second-order valence-electron chi connectivity index (χ2n) is 8.03. The Bertz CT molecular complexity index is 629. The van der Waals surface area contributed by atoms with Crippen LogP contribution in [0.3, 0.4) is 0 Å². The third kappa shape index (κ3) is 7.60. The van der Waals surface area contributed by atoms with Crippen LogP contribution in [0.5, 0.6) is 0 Å². The number of nitrogens with zero attached hydrogens (tertiary/aromatic N) is 1. The number of anilines is 1. The van der Waals surface area contributed by atoms with Gasteiger partial charge >= 0.3 is 6.18 Å². The average molecular weight is 387 g/mol. The summed E-state index contributed by atoms with van der Waals surface area (Å²) in [6, 6.07) is 6.02. The van der Waals surface area contributed by atoms with Crippen molar-refractivity contribution >= 4 is 28.8 Å². The molecule has 1 aliphatic rings. The summed E-state index contributed by atoms with van der Waals surface area (Å²) in [5.74, 6) is 1.96. The number of halogens is 3. The number of rotatable bonds is 8. The van der Waals surface area contributed by atoms with Gasteiger partial charge in [-0.1, -0.05) is 20.8 Å². The quantitative estimate of drug-likeness (QED) is 0.293. The highest BCUT2D eigenvalue weighted by Gasteiger charge is 2.26. The van der Waals surface area contributed by atoms with Gasteiger partial charge in [-0.15, -0.1) is 11.8 Å². The standard InChI is InChI=1S/C20H29F3N2S/c1-14(19(2,3)4)25-18-12-16(26-13-15-6-7-15)8-9-17(18)24-11-5-10-20(21,22)23/h8-9,12,15,24H,5-7,10-11,13H2,1-4H3. The predicted octanol–water partition coefficient (Wildman–Crippen LogP) is 7.08. The van der Waals surface area contributed by atoms with Crippen LogP contribution in [0.1, 0.15) is 53.4 Å². The van der Waals surface area contributed by atoms with E-state index in [0.717, 1.165) is 28.8 Å². The molecule has 2 nitrogen and oxygen atoms in total. The van der Waals surface area contributed by atoms with Gasteiger partial charge in [-0.05, 0) is 55.7 Å². The molecule has 2 rings (SSSR count).